The van der Waals surface area contributed by atoms with Crippen molar-refractivity contribution in [2.75, 3.05) is 13.2 Å². The molecule has 0 aliphatic carbocycles. The standard InChI is InChI=1S/C13H15ClN4O2/c1-9(8-19)6-15-13(20)12-7-16-18(17-12)11-4-2-3-10(14)5-11/h2-5,7,9,19H,6,8H2,1H3,(H,15,20). The minimum absolute atomic E-state index is 0.00178. The van der Waals surface area contributed by atoms with Crippen LogP contribution in [0, 0.1) is 5.92 Å². The summed E-state index contributed by atoms with van der Waals surface area (Å²) in [5.41, 5.74) is 0.899. The highest BCUT2D eigenvalue weighted by Gasteiger charge is 2.12. The maximum absolute atomic E-state index is 11.8. The molecular weight excluding hydrogens is 280 g/mol. The molecule has 2 N–H and O–H groups in total. The Kier molecular flexibility index (Phi) is 4.70. The first kappa shape index (κ1) is 14.5. The highest BCUT2D eigenvalue weighted by Crippen LogP contribution is 2.13. The topological polar surface area (TPSA) is 80.0 Å². The Morgan fingerprint density at radius 3 is 3.05 bits per heavy atom. The van der Waals surface area contributed by atoms with Crippen LogP contribution in [-0.4, -0.2) is 39.2 Å². The number of carbonyl (C=O) groups is 1. The van der Waals surface area contributed by atoms with Crippen LogP contribution in [0.25, 0.3) is 5.69 Å². The molecule has 2 aromatic rings. The molecule has 0 saturated heterocycles. The number of carbonyl (C=O) groups excluding carboxylic acids is 1. The third kappa shape index (κ3) is 3.55. The van der Waals surface area contributed by atoms with Gasteiger partial charge in [-0.15, -0.1) is 5.10 Å². The quantitative estimate of drug-likeness (QED) is 0.870. The molecular formula is C13H15ClN4O2. The van der Waals surface area contributed by atoms with Gasteiger partial charge < -0.3 is 10.4 Å². The number of aliphatic hydroxyl groups is 1. The summed E-state index contributed by atoms with van der Waals surface area (Å²) in [7, 11) is 0. The number of hydrogen-bond acceptors (Lipinski definition) is 4. The van der Waals surface area contributed by atoms with E-state index in [1.165, 1.54) is 11.0 Å². The molecule has 1 heterocycles. The lowest BCUT2D eigenvalue weighted by molar-refractivity contribution is 0.0937. The van der Waals surface area contributed by atoms with Crippen molar-refractivity contribution >= 4 is 17.5 Å². The zero-order valence-corrected chi connectivity index (χ0v) is 11.7. The van der Waals surface area contributed by atoms with Gasteiger partial charge in [0, 0.05) is 18.2 Å². The zero-order valence-electron chi connectivity index (χ0n) is 11.0. The molecule has 6 nitrogen and oxygen atoms in total. The number of benzene rings is 1. The molecule has 0 fully saturated rings. The van der Waals surface area contributed by atoms with E-state index >= 15 is 0 Å². The summed E-state index contributed by atoms with van der Waals surface area (Å²) in [6, 6.07) is 7.03. The Morgan fingerprint density at radius 1 is 1.55 bits per heavy atom. The lowest BCUT2D eigenvalue weighted by Gasteiger charge is -2.07. The summed E-state index contributed by atoms with van der Waals surface area (Å²) >= 11 is 5.89. The Bertz CT molecular complexity index is 600. The van der Waals surface area contributed by atoms with Gasteiger partial charge in [0.1, 0.15) is 0 Å². The van der Waals surface area contributed by atoms with E-state index in [1.807, 2.05) is 6.92 Å². The van der Waals surface area contributed by atoms with E-state index in [0.29, 0.717) is 17.3 Å². The van der Waals surface area contributed by atoms with Crippen molar-refractivity contribution in [3.63, 3.8) is 0 Å². The normalized spacial score (nSPS) is 12.2. The van der Waals surface area contributed by atoms with Gasteiger partial charge in [-0.2, -0.15) is 9.90 Å². The number of amides is 1. The molecule has 7 heteroatoms. The summed E-state index contributed by atoms with van der Waals surface area (Å²) < 4.78 is 0. The molecule has 0 aliphatic heterocycles. The van der Waals surface area contributed by atoms with Crippen molar-refractivity contribution in [2.45, 2.75) is 6.92 Å². The molecule has 1 amide bonds. The second-order valence-corrected chi connectivity index (χ2v) is 4.93. The monoisotopic (exact) mass is 294 g/mol. The SMILES string of the molecule is CC(CO)CNC(=O)c1cnn(-c2cccc(Cl)c2)n1. The van der Waals surface area contributed by atoms with Crippen LogP contribution >= 0.6 is 11.6 Å². The average molecular weight is 295 g/mol. The Hall–Kier alpha value is -1.92. The van der Waals surface area contributed by atoms with Crippen LogP contribution < -0.4 is 5.32 Å². The Morgan fingerprint density at radius 2 is 2.35 bits per heavy atom. The third-order valence-corrected chi connectivity index (χ3v) is 2.92. The fourth-order valence-corrected chi connectivity index (χ4v) is 1.70. The van der Waals surface area contributed by atoms with Crippen LogP contribution in [0.1, 0.15) is 17.4 Å². The van der Waals surface area contributed by atoms with Gasteiger partial charge in [0.2, 0.25) is 0 Å². The molecule has 20 heavy (non-hydrogen) atoms. The minimum Gasteiger partial charge on any atom is -0.396 e. The molecule has 2 rings (SSSR count). The van der Waals surface area contributed by atoms with Crippen LogP contribution in [-0.2, 0) is 0 Å². The molecule has 0 bridgehead atoms. The van der Waals surface area contributed by atoms with Crippen molar-refractivity contribution in [1.82, 2.24) is 20.3 Å². The van der Waals surface area contributed by atoms with Crippen LogP contribution in [0.2, 0.25) is 5.02 Å². The van der Waals surface area contributed by atoms with Crippen molar-refractivity contribution in [3.05, 3.63) is 41.2 Å². The summed E-state index contributed by atoms with van der Waals surface area (Å²) in [5.74, 6) is -0.319. The van der Waals surface area contributed by atoms with Gasteiger partial charge in [0.05, 0.1) is 11.9 Å². The van der Waals surface area contributed by atoms with Crippen molar-refractivity contribution in [3.8, 4) is 5.69 Å². The molecule has 1 unspecified atom stereocenters. The highest BCUT2D eigenvalue weighted by molar-refractivity contribution is 6.30. The molecule has 1 aromatic heterocycles. The summed E-state index contributed by atoms with van der Waals surface area (Å²) in [5, 5.41) is 20.3. The number of hydrogen-bond donors (Lipinski definition) is 2. The van der Waals surface area contributed by atoms with Crippen LogP contribution in [0.5, 0.6) is 0 Å². The van der Waals surface area contributed by atoms with E-state index in [0.717, 1.165) is 0 Å². The molecule has 1 atom stereocenters. The molecule has 1 aromatic carbocycles. The van der Waals surface area contributed by atoms with Crippen LogP contribution in [0.4, 0.5) is 0 Å². The first-order valence-electron chi connectivity index (χ1n) is 6.17. The van der Waals surface area contributed by atoms with E-state index in [1.54, 1.807) is 24.3 Å². The van der Waals surface area contributed by atoms with Gasteiger partial charge in [-0.25, -0.2) is 0 Å². The molecule has 0 aliphatic rings. The van der Waals surface area contributed by atoms with Crippen LogP contribution in [0.3, 0.4) is 0 Å². The van der Waals surface area contributed by atoms with Crippen LogP contribution in [0.15, 0.2) is 30.5 Å². The van der Waals surface area contributed by atoms with E-state index in [-0.39, 0.29) is 24.1 Å². The van der Waals surface area contributed by atoms with Gasteiger partial charge >= 0.3 is 0 Å². The molecule has 0 saturated carbocycles. The molecule has 0 spiro atoms. The summed E-state index contributed by atoms with van der Waals surface area (Å²) in [6.07, 6.45) is 1.39. The Balaban J connectivity index is 2.07. The van der Waals surface area contributed by atoms with Gasteiger partial charge in [0.15, 0.2) is 5.69 Å². The van der Waals surface area contributed by atoms with Crippen molar-refractivity contribution in [1.29, 1.82) is 0 Å². The van der Waals surface area contributed by atoms with E-state index < -0.39 is 0 Å². The number of nitrogens with zero attached hydrogens (tertiary/aromatic N) is 3. The number of aliphatic hydroxyl groups excluding tert-OH is 1. The fourth-order valence-electron chi connectivity index (χ4n) is 1.51. The largest absolute Gasteiger partial charge is 0.396 e. The third-order valence-electron chi connectivity index (χ3n) is 2.69. The van der Waals surface area contributed by atoms with Gasteiger partial charge in [-0.3, -0.25) is 4.79 Å². The van der Waals surface area contributed by atoms with Crippen molar-refractivity contribution < 1.29 is 9.90 Å². The molecule has 106 valence electrons. The number of aromatic nitrogens is 3. The number of rotatable bonds is 5. The average Bonchev–Trinajstić information content (AvgIpc) is 2.94. The second kappa shape index (κ2) is 6.49. The summed E-state index contributed by atoms with van der Waals surface area (Å²) in [4.78, 5) is 13.2. The maximum atomic E-state index is 11.8. The summed E-state index contributed by atoms with van der Waals surface area (Å²) in [6.45, 7) is 2.25. The second-order valence-electron chi connectivity index (χ2n) is 4.50. The van der Waals surface area contributed by atoms with Gasteiger partial charge in [0.25, 0.3) is 5.91 Å². The predicted molar refractivity (Wildman–Crippen MR) is 75.0 cm³/mol. The first-order chi connectivity index (χ1) is 9.60. The van der Waals surface area contributed by atoms with Gasteiger partial charge in [-0.05, 0) is 24.1 Å². The van der Waals surface area contributed by atoms with E-state index in [4.69, 9.17) is 16.7 Å². The van der Waals surface area contributed by atoms with E-state index in [2.05, 4.69) is 15.5 Å². The highest BCUT2D eigenvalue weighted by atomic mass is 35.5. The Labute approximate surface area is 121 Å². The maximum Gasteiger partial charge on any atom is 0.273 e. The predicted octanol–water partition coefficient (Wildman–Crippen LogP) is 1.28. The van der Waals surface area contributed by atoms with Crippen molar-refractivity contribution in [2.24, 2.45) is 5.92 Å². The lowest BCUT2D eigenvalue weighted by Crippen LogP contribution is -2.29. The number of nitrogens with one attached hydrogen (secondary N) is 1. The molecule has 0 radical (unpaired) electrons. The lowest BCUT2D eigenvalue weighted by atomic mass is 10.2. The smallest absolute Gasteiger partial charge is 0.273 e. The zero-order chi connectivity index (χ0) is 14.5. The van der Waals surface area contributed by atoms with Gasteiger partial charge in [-0.1, -0.05) is 24.6 Å². The fraction of sp³-hybridized carbons (Fsp3) is 0.308. The first-order valence-corrected chi connectivity index (χ1v) is 6.55. The number of halogens is 1. The minimum atomic E-state index is -0.321. The van der Waals surface area contributed by atoms with E-state index in [9.17, 15) is 4.79 Å².